The van der Waals surface area contributed by atoms with Crippen molar-refractivity contribution in [1.29, 1.82) is 0 Å². The summed E-state index contributed by atoms with van der Waals surface area (Å²) in [6.07, 6.45) is 2.21. The van der Waals surface area contributed by atoms with E-state index in [-0.39, 0.29) is 11.9 Å². The molecule has 0 bridgehead atoms. The first-order valence-electron chi connectivity index (χ1n) is 6.35. The molecular weight excluding hydrogens is 228 g/mol. The summed E-state index contributed by atoms with van der Waals surface area (Å²) in [5.41, 5.74) is 6.93. The Hall–Kier alpha value is -1.55. The van der Waals surface area contributed by atoms with Gasteiger partial charge >= 0.3 is 0 Å². The maximum atomic E-state index is 12.0. The Morgan fingerprint density at radius 2 is 2.39 bits per heavy atom. The molecule has 1 saturated heterocycles. The highest BCUT2D eigenvalue weighted by Crippen LogP contribution is 2.15. The minimum absolute atomic E-state index is 0.158. The van der Waals surface area contributed by atoms with Crippen LogP contribution in [0.15, 0.2) is 24.3 Å². The molecule has 0 spiro atoms. The molecule has 0 aliphatic carbocycles. The first-order chi connectivity index (χ1) is 8.69. The zero-order valence-electron chi connectivity index (χ0n) is 10.8. The molecule has 4 nitrogen and oxygen atoms in total. The summed E-state index contributed by atoms with van der Waals surface area (Å²) < 4.78 is 5.16. The van der Waals surface area contributed by atoms with Gasteiger partial charge in [-0.15, -0.1) is 0 Å². The summed E-state index contributed by atoms with van der Waals surface area (Å²) in [6, 6.07) is 8.01. The van der Waals surface area contributed by atoms with Gasteiger partial charge in [0.15, 0.2) is 0 Å². The summed E-state index contributed by atoms with van der Waals surface area (Å²) in [5, 5.41) is 0. The zero-order valence-corrected chi connectivity index (χ0v) is 10.8. The largest absolute Gasteiger partial charge is 0.497 e. The first-order valence-corrected chi connectivity index (χ1v) is 6.35. The number of benzene rings is 1. The molecule has 1 aromatic carbocycles. The van der Waals surface area contributed by atoms with E-state index in [1.54, 1.807) is 7.11 Å². The predicted molar refractivity (Wildman–Crippen MR) is 70.5 cm³/mol. The van der Waals surface area contributed by atoms with E-state index in [2.05, 4.69) is 0 Å². The van der Waals surface area contributed by atoms with Gasteiger partial charge in [-0.2, -0.15) is 0 Å². The van der Waals surface area contributed by atoms with Crippen LogP contribution in [0.5, 0.6) is 5.75 Å². The molecule has 0 aromatic heterocycles. The third-order valence-corrected chi connectivity index (χ3v) is 3.34. The van der Waals surface area contributed by atoms with Crippen LogP contribution in [-0.2, 0) is 11.2 Å². The van der Waals surface area contributed by atoms with Gasteiger partial charge in [-0.1, -0.05) is 12.1 Å². The molecule has 1 unspecified atom stereocenters. The van der Waals surface area contributed by atoms with E-state index < -0.39 is 0 Å². The molecule has 1 amide bonds. The minimum Gasteiger partial charge on any atom is -0.497 e. The van der Waals surface area contributed by atoms with Gasteiger partial charge in [-0.05, 0) is 30.5 Å². The molecule has 0 saturated carbocycles. The standard InChI is InChI=1S/C14H20N2O2/c1-18-13-4-2-3-11(9-13)5-6-14(17)16-8-7-12(15)10-16/h2-4,9,12H,5-8,10,15H2,1H3. The lowest BCUT2D eigenvalue weighted by Gasteiger charge is -2.15. The number of likely N-dealkylation sites (tertiary alicyclic amines) is 1. The SMILES string of the molecule is COc1cccc(CCC(=O)N2CCC(N)C2)c1. The smallest absolute Gasteiger partial charge is 0.222 e. The van der Waals surface area contributed by atoms with Crippen molar-refractivity contribution in [2.45, 2.75) is 25.3 Å². The van der Waals surface area contributed by atoms with Crippen LogP contribution in [0.1, 0.15) is 18.4 Å². The average Bonchev–Trinajstić information content (AvgIpc) is 2.83. The van der Waals surface area contributed by atoms with Gasteiger partial charge in [0.25, 0.3) is 0 Å². The molecule has 4 heteroatoms. The van der Waals surface area contributed by atoms with Crippen molar-refractivity contribution in [1.82, 2.24) is 4.90 Å². The lowest BCUT2D eigenvalue weighted by atomic mass is 10.1. The van der Waals surface area contributed by atoms with E-state index in [4.69, 9.17) is 10.5 Å². The van der Waals surface area contributed by atoms with Crippen molar-refractivity contribution in [2.75, 3.05) is 20.2 Å². The van der Waals surface area contributed by atoms with E-state index in [0.717, 1.165) is 30.7 Å². The molecule has 1 heterocycles. The fraction of sp³-hybridized carbons (Fsp3) is 0.500. The Bertz CT molecular complexity index is 420. The van der Waals surface area contributed by atoms with Gasteiger partial charge in [-0.3, -0.25) is 4.79 Å². The number of amides is 1. The number of hydrogen-bond acceptors (Lipinski definition) is 3. The molecule has 2 rings (SSSR count). The molecule has 18 heavy (non-hydrogen) atoms. The predicted octanol–water partition coefficient (Wildman–Crippen LogP) is 1.19. The van der Waals surface area contributed by atoms with Crippen LogP contribution >= 0.6 is 0 Å². The van der Waals surface area contributed by atoms with Crippen molar-refractivity contribution in [3.05, 3.63) is 29.8 Å². The highest BCUT2D eigenvalue weighted by molar-refractivity contribution is 5.76. The van der Waals surface area contributed by atoms with E-state index in [9.17, 15) is 4.79 Å². The number of carbonyl (C=O) groups excluding carboxylic acids is 1. The normalized spacial score (nSPS) is 19.0. The third kappa shape index (κ3) is 3.23. The van der Waals surface area contributed by atoms with E-state index in [1.165, 1.54) is 0 Å². The van der Waals surface area contributed by atoms with Gasteiger partial charge in [0.2, 0.25) is 5.91 Å². The number of aryl methyl sites for hydroxylation is 1. The van der Waals surface area contributed by atoms with Crippen molar-refractivity contribution in [2.24, 2.45) is 5.73 Å². The van der Waals surface area contributed by atoms with Crippen LogP contribution < -0.4 is 10.5 Å². The number of nitrogens with two attached hydrogens (primary N) is 1. The fourth-order valence-corrected chi connectivity index (χ4v) is 2.25. The Labute approximate surface area is 108 Å². The van der Waals surface area contributed by atoms with Gasteiger partial charge in [0.1, 0.15) is 5.75 Å². The van der Waals surface area contributed by atoms with Gasteiger partial charge in [0.05, 0.1) is 7.11 Å². The maximum absolute atomic E-state index is 12.0. The Balaban J connectivity index is 1.85. The molecule has 1 aliphatic rings. The summed E-state index contributed by atoms with van der Waals surface area (Å²) in [7, 11) is 1.65. The summed E-state index contributed by atoms with van der Waals surface area (Å²) in [4.78, 5) is 13.8. The van der Waals surface area contributed by atoms with E-state index >= 15 is 0 Å². The van der Waals surface area contributed by atoms with Crippen LogP contribution in [0.4, 0.5) is 0 Å². The quantitative estimate of drug-likeness (QED) is 0.870. The van der Waals surface area contributed by atoms with Gasteiger partial charge in [0, 0.05) is 25.6 Å². The van der Waals surface area contributed by atoms with Crippen LogP contribution in [0, 0.1) is 0 Å². The second kappa shape index (κ2) is 5.87. The average molecular weight is 248 g/mol. The Morgan fingerprint density at radius 1 is 1.56 bits per heavy atom. The first kappa shape index (κ1) is 12.9. The molecule has 2 N–H and O–H groups in total. The van der Waals surface area contributed by atoms with Crippen LogP contribution in [0.2, 0.25) is 0 Å². The summed E-state index contributed by atoms with van der Waals surface area (Å²) >= 11 is 0. The number of ether oxygens (including phenoxy) is 1. The number of nitrogens with zero attached hydrogens (tertiary/aromatic N) is 1. The monoisotopic (exact) mass is 248 g/mol. The highest BCUT2D eigenvalue weighted by atomic mass is 16.5. The number of hydrogen-bond donors (Lipinski definition) is 1. The third-order valence-electron chi connectivity index (χ3n) is 3.34. The topological polar surface area (TPSA) is 55.6 Å². The van der Waals surface area contributed by atoms with Crippen LogP contribution in [0.25, 0.3) is 0 Å². The second-order valence-electron chi connectivity index (χ2n) is 4.74. The van der Waals surface area contributed by atoms with Crippen molar-refractivity contribution in [3.8, 4) is 5.75 Å². The van der Waals surface area contributed by atoms with E-state index in [0.29, 0.717) is 13.0 Å². The lowest BCUT2D eigenvalue weighted by molar-refractivity contribution is -0.130. The highest BCUT2D eigenvalue weighted by Gasteiger charge is 2.22. The van der Waals surface area contributed by atoms with Crippen molar-refractivity contribution in [3.63, 3.8) is 0 Å². The number of methoxy groups -OCH3 is 1. The minimum atomic E-state index is 0.158. The summed E-state index contributed by atoms with van der Waals surface area (Å²) in [6.45, 7) is 1.51. The Kier molecular flexibility index (Phi) is 4.20. The Morgan fingerprint density at radius 3 is 3.06 bits per heavy atom. The van der Waals surface area contributed by atoms with Gasteiger partial charge < -0.3 is 15.4 Å². The van der Waals surface area contributed by atoms with Crippen molar-refractivity contribution < 1.29 is 9.53 Å². The molecule has 0 radical (unpaired) electrons. The molecule has 1 aromatic rings. The number of rotatable bonds is 4. The fourth-order valence-electron chi connectivity index (χ4n) is 2.25. The van der Waals surface area contributed by atoms with Crippen LogP contribution in [-0.4, -0.2) is 37.0 Å². The molecule has 1 atom stereocenters. The molecular formula is C14H20N2O2. The zero-order chi connectivity index (χ0) is 13.0. The van der Waals surface area contributed by atoms with Gasteiger partial charge in [-0.25, -0.2) is 0 Å². The van der Waals surface area contributed by atoms with E-state index in [1.807, 2.05) is 29.2 Å². The summed E-state index contributed by atoms with van der Waals surface area (Å²) in [5.74, 6) is 1.04. The second-order valence-corrected chi connectivity index (χ2v) is 4.74. The lowest BCUT2D eigenvalue weighted by Crippen LogP contribution is -2.31. The molecule has 98 valence electrons. The molecule has 1 fully saturated rings. The van der Waals surface area contributed by atoms with Crippen molar-refractivity contribution >= 4 is 5.91 Å². The maximum Gasteiger partial charge on any atom is 0.222 e. The molecule has 1 aliphatic heterocycles. The number of carbonyl (C=O) groups is 1. The van der Waals surface area contributed by atoms with Crippen LogP contribution in [0.3, 0.4) is 0 Å².